The minimum atomic E-state index is 0.366. The van der Waals surface area contributed by atoms with Gasteiger partial charge < -0.3 is 9.84 Å². The zero-order chi connectivity index (χ0) is 13.1. The zero-order valence-electron chi connectivity index (χ0n) is 11.2. The van der Waals surface area contributed by atoms with E-state index in [1.807, 2.05) is 0 Å². The second kappa shape index (κ2) is 5.53. The largest absolute Gasteiger partial charge is 0.339 e. The van der Waals surface area contributed by atoms with Crippen molar-refractivity contribution in [2.24, 2.45) is 0 Å². The van der Waals surface area contributed by atoms with E-state index in [-0.39, 0.29) is 0 Å². The highest BCUT2D eigenvalue weighted by atomic mass is 16.5. The van der Waals surface area contributed by atoms with Crippen LogP contribution in [-0.4, -0.2) is 23.2 Å². The quantitative estimate of drug-likeness (QED) is 0.918. The van der Waals surface area contributed by atoms with E-state index in [0.29, 0.717) is 11.7 Å². The van der Waals surface area contributed by atoms with E-state index >= 15 is 0 Å². The Kier molecular flexibility index (Phi) is 3.60. The SMILES string of the molecule is CCc1ccc(-c2noc(C3CCCNC3)n2)cc1. The van der Waals surface area contributed by atoms with Crippen LogP contribution in [0.3, 0.4) is 0 Å². The number of aryl methyl sites for hydroxylation is 1. The summed E-state index contributed by atoms with van der Waals surface area (Å²) in [6.07, 6.45) is 3.35. The maximum absolute atomic E-state index is 5.41. The smallest absolute Gasteiger partial charge is 0.231 e. The Morgan fingerprint density at radius 3 is 2.84 bits per heavy atom. The molecular weight excluding hydrogens is 238 g/mol. The lowest BCUT2D eigenvalue weighted by atomic mass is 10.00. The highest BCUT2D eigenvalue weighted by molar-refractivity contribution is 5.54. The van der Waals surface area contributed by atoms with Crippen molar-refractivity contribution >= 4 is 0 Å². The summed E-state index contributed by atoms with van der Waals surface area (Å²) in [4.78, 5) is 4.54. The van der Waals surface area contributed by atoms with Gasteiger partial charge in [-0.2, -0.15) is 4.98 Å². The normalized spacial score (nSPS) is 19.5. The second-order valence-electron chi connectivity index (χ2n) is 5.05. The van der Waals surface area contributed by atoms with Crippen LogP contribution < -0.4 is 5.32 Å². The molecule has 2 heterocycles. The van der Waals surface area contributed by atoms with Crippen molar-refractivity contribution in [3.05, 3.63) is 35.7 Å². The molecule has 1 aromatic carbocycles. The number of hydrogen-bond acceptors (Lipinski definition) is 4. The average Bonchev–Trinajstić information content (AvgIpc) is 2.98. The Morgan fingerprint density at radius 2 is 2.16 bits per heavy atom. The van der Waals surface area contributed by atoms with Gasteiger partial charge >= 0.3 is 0 Å². The van der Waals surface area contributed by atoms with E-state index in [1.165, 1.54) is 12.0 Å². The molecule has 1 unspecified atom stereocenters. The predicted molar refractivity (Wildman–Crippen MR) is 74.0 cm³/mol. The van der Waals surface area contributed by atoms with Gasteiger partial charge in [0.1, 0.15) is 0 Å². The first-order chi connectivity index (χ1) is 9.36. The summed E-state index contributed by atoms with van der Waals surface area (Å²) >= 11 is 0. The van der Waals surface area contributed by atoms with Crippen LogP contribution in [0.25, 0.3) is 11.4 Å². The van der Waals surface area contributed by atoms with Crippen LogP contribution in [0.15, 0.2) is 28.8 Å². The van der Waals surface area contributed by atoms with Crippen LogP contribution in [0.5, 0.6) is 0 Å². The lowest BCUT2D eigenvalue weighted by Gasteiger charge is -2.18. The first-order valence-electron chi connectivity index (χ1n) is 7.00. The first-order valence-corrected chi connectivity index (χ1v) is 7.00. The van der Waals surface area contributed by atoms with E-state index < -0.39 is 0 Å². The van der Waals surface area contributed by atoms with E-state index in [2.05, 4.69) is 46.6 Å². The zero-order valence-corrected chi connectivity index (χ0v) is 11.2. The Bertz CT molecular complexity index is 527. The molecule has 4 heteroatoms. The fraction of sp³-hybridized carbons (Fsp3) is 0.467. The van der Waals surface area contributed by atoms with Gasteiger partial charge in [0, 0.05) is 12.1 Å². The van der Waals surface area contributed by atoms with Crippen LogP contribution in [-0.2, 0) is 6.42 Å². The molecule has 1 aliphatic heterocycles. The Morgan fingerprint density at radius 1 is 1.32 bits per heavy atom. The van der Waals surface area contributed by atoms with Crippen molar-refractivity contribution in [2.45, 2.75) is 32.1 Å². The highest BCUT2D eigenvalue weighted by Gasteiger charge is 2.21. The molecule has 100 valence electrons. The molecule has 19 heavy (non-hydrogen) atoms. The second-order valence-corrected chi connectivity index (χ2v) is 5.05. The maximum atomic E-state index is 5.41. The molecule has 1 saturated heterocycles. The van der Waals surface area contributed by atoms with Gasteiger partial charge in [-0.3, -0.25) is 0 Å². The van der Waals surface area contributed by atoms with Crippen LogP contribution in [0.4, 0.5) is 0 Å². The van der Waals surface area contributed by atoms with Crippen LogP contribution in [0.2, 0.25) is 0 Å². The highest BCUT2D eigenvalue weighted by Crippen LogP contribution is 2.24. The molecule has 1 aromatic heterocycles. The molecule has 3 rings (SSSR count). The average molecular weight is 257 g/mol. The van der Waals surface area contributed by atoms with Crippen LogP contribution in [0.1, 0.15) is 37.1 Å². The lowest BCUT2D eigenvalue weighted by molar-refractivity contribution is 0.322. The third-order valence-electron chi connectivity index (χ3n) is 3.71. The van der Waals surface area contributed by atoms with Gasteiger partial charge in [-0.05, 0) is 31.4 Å². The number of nitrogens with one attached hydrogen (secondary N) is 1. The summed E-state index contributed by atoms with van der Waals surface area (Å²) in [5.41, 5.74) is 2.35. The molecule has 0 radical (unpaired) electrons. The standard InChI is InChI=1S/C15H19N3O/c1-2-11-5-7-12(8-6-11)14-17-15(19-18-14)13-4-3-9-16-10-13/h5-8,13,16H,2-4,9-10H2,1H3. The van der Waals surface area contributed by atoms with Gasteiger partial charge in [0.05, 0.1) is 5.92 Å². The van der Waals surface area contributed by atoms with Crippen molar-refractivity contribution in [3.8, 4) is 11.4 Å². The number of rotatable bonds is 3. The first kappa shape index (κ1) is 12.4. The van der Waals surface area contributed by atoms with Gasteiger partial charge in [0.15, 0.2) is 0 Å². The van der Waals surface area contributed by atoms with Gasteiger partial charge in [-0.15, -0.1) is 0 Å². The number of piperidine rings is 1. The topological polar surface area (TPSA) is 51.0 Å². The van der Waals surface area contributed by atoms with Crippen molar-refractivity contribution < 1.29 is 4.52 Å². The van der Waals surface area contributed by atoms with Crippen molar-refractivity contribution in [3.63, 3.8) is 0 Å². The molecule has 0 amide bonds. The summed E-state index contributed by atoms with van der Waals surface area (Å²) in [5, 5.41) is 7.47. The van der Waals surface area contributed by atoms with Gasteiger partial charge in [0.2, 0.25) is 11.7 Å². The van der Waals surface area contributed by atoms with Crippen molar-refractivity contribution in [1.29, 1.82) is 0 Å². The third-order valence-corrected chi connectivity index (χ3v) is 3.71. The Hall–Kier alpha value is -1.68. The predicted octanol–water partition coefficient (Wildman–Crippen LogP) is 2.77. The fourth-order valence-corrected chi connectivity index (χ4v) is 2.47. The number of nitrogens with zero attached hydrogens (tertiary/aromatic N) is 2. The lowest BCUT2D eigenvalue weighted by Crippen LogP contribution is -2.28. The Labute approximate surface area is 113 Å². The Balaban J connectivity index is 1.79. The number of aromatic nitrogens is 2. The minimum absolute atomic E-state index is 0.366. The molecule has 0 spiro atoms. The molecule has 1 atom stereocenters. The monoisotopic (exact) mass is 257 g/mol. The molecule has 0 bridgehead atoms. The summed E-state index contributed by atoms with van der Waals surface area (Å²) in [5.74, 6) is 1.83. The number of benzene rings is 1. The van der Waals surface area contributed by atoms with Gasteiger partial charge in [-0.1, -0.05) is 36.3 Å². The molecule has 0 saturated carbocycles. The van der Waals surface area contributed by atoms with Crippen molar-refractivity contribution in [1.82, 2.24) is 15.5 Å². The van der Waals surface area contributed by atoms with Crippen LogP contribution >= 0.6 is 0 Å². The molecular formula is C15H19N3O. The molecule has 0 aliphatic carbocycles. The van der Waals surface area contributed by atoms with E-state index in [0.717, 1.165) is 37.4 Å². The summed E-state index contributed by atoms with van der Waals surface area (Å²) in [7, 11) is 0. The van der Waals surface area contributed by atoms with E-state index in [1.54, 1.807) is 0 Å². The van der Waals surface area contributed by atoms with Gasteiger partial charge in [0.25, 0.3) is 0 Å². The minimum Gasteiger partial charge on any atom is -0.339 e. The summed E-state index contributed by atoms with van der Waals surface area (Å²) in [6, 6.07) is 8.36. The van der Waals surface area contributed by atoms with E-state index in [9.17, 15) is 0 Å². The molecule has 1 N–H and O–H groups in total. The number of hydrogen-bond donors (Lipinski definition) is 1. The maximum Gasteiger partial charge on any atom is 0.231 e. The molecule has 1 aliphatic rings. The van der Waals surface area contributed by atoms with Crippen molar-refractivity contribution in [2.75, 3.05) is 13.1 Å². The molecule has 4 nitrogen and oxygen atoms in total. The summed E-state index contributed by atoms with van der Waals surface area (Å²) < 4.78 is 5.41. The fourth-order valence-electron chi connectivity index (χ4n) is 2.47. The van der Waals surface area contributed by atoms with Crippen LogP contribution in [0, 0.1) is 0 Å². The van der Waals surface area contributed by atoms with E-state index in [4.69, 9.17) is 4.52 Å². The summed E-state index contributed by atoms with van der Waals surface area (Å²) in [6.45, 7) is 4.18. The van der Waals surface area contributed by atoms with Gasteiger partial charge in [-0.25, -0.2) is 0 Å². The molecule has 2 aromatic rings. The third kappa shape index (κ3) is 2.68. The molecule has 1 fully saturated rings.